The number of hydrogen-bond donors (Lipinski definition) is 1. The molecule has 0 spiro atoms. The molecule has 1 aromatic heterocycles. The molecule has 0 aliphatic rings. The van der Waals surface area contributed by atoms with Crippen molar-refractivity contribution in [1.82, 2.24) is 4.98 Å². The van der Waals surface area contributed by atoms with Crippen LogP contribution in [0.25, 0.3) is 11.1 Å². The van der Waals surface area contributed by atoms with Crippen LogP contribution in [0.2, 0.25) is 10.2 Å². The van der Waals surface area contributed by atoms with Crippen molar-refractivity contribution in [2.75, 3.05) is 0 Å². The minimum atomic E-state index is -0.904. The van der Waals surface area contributed by atoms with Crippen molar-refractivity contribution in [3.63, 3.8) is 0 Å². The number of benzene rings is 1. The summed E-state index contributed by atoms with van der Waals surface area (Å²) in [5.41, 5.74) is 1.58. The van der Waals surface area contributed by atoms with Gasteiger partial charge < -0.3 is 5.11 Å². The third-order valence-electron chi connectivity index (χ3n) is 3.28. The predicted molar refractivity (Wildman–Crippen MR) is 84.8 cm³/mol. The third-order valence-corrected chi connectivity index (χ3v) is 3.86. The number of carbonyl (C=O) groups is 1. The van der Waals surface area contributed by atoms with Crippen molar-refractivity contribution in [1.29, 1.82) is 0 Å². The second-order valence-corrected chi connectivity index (χ2v) is 6.34. The van der Waals surface area contributed by atoms with Gasteiger partial charge in [0.25, 0.3) is 0 Å². The van der Waals surface area contributed by atoms with Crippen molar-refractivity contribution in [2.24, 2.45) is 5.41 Å². The van der Waals surface area contributed by atoms with E-state index in [1.54, 1.807) is 26.1 Å². The lowest BCUT2D eigenvalue weighted by atomic mass is 9.86. The molecule has 0 unspecified atom stereocenters. The van der Waals surface area contributed by atoms with E-state index in [1.165, 1.54) is 0 Å². The largest absolute Gasteiger partial charge is 0.481 e. The highest BCUT2D eigenvalue weighted by Crippen LogP contribution is 2.30. The fourth-order valence-corrected chi connectivity index (χ4v) is 2.36. The summed E-state index contributed by atoms with van der Waals surface area (Å²) in [6.45, 7) is 3.33. The van der Waals surface area contributed by atoms with E-state index < -0.39 is 11.4 Å². The maximum Gasteiger partial charge on any atom is 0.309 e. The fraction of sp³-hybridized carbons (Fsp3) is 0.250. The molecule has 110 valence electrons. The van der Waals surface area contributed by atoms with Crippen molar-refractivity contribution in [3.8, 4) is 11.1 Å². The number of nitrogens with zero attached hydrogens (tertiary/aromatic N) is 1. The Morgan fingerprint density at radius 1 is 1.24 bits per heavy atom. The molecule has 21 heavy (non-hydrogen) atoms. The molecule has 2 aromatic rings. The van der Waals surface area contributed by atoms with Gasteiger partial charge in [-0.15, -0.1) is 0 Å². The molecule has 1 N–H and O–H groups in total. The Balaban J connectivity index is 2.40. The van der Waals surface area contributed by atoms with Crippen molar-refractivity contribution >= 4 is 29.2 Å². The Morgan fingerprint density at radius 2 is 1.95 bits per heavy atom. The molecule has 2 rings (SSSR count). The summed E-state index contributed by atoms with van der Waals surface area (Å²) in [5.74, 6) is -0.869. The van der Waals surface area contributed by atoms with Gasteiger partial charge in [0, 0.05) is 16.8 Å². The first-order chi connectivity index (χ1) is 9.79. The predicted octanol–water partition coefficient (Wildman–Crippen LogP) is 4.71. The van der Waals surface area contributed by atoms with E-state index in [9.17, 15) is 9.90 Å². The second-order valence-electron chi connectivity index (χ2n) is 5.55. The van der Waals surface area contributed by atoms with Gasteiger partial charge in [0.2, 0.25) is 0 Å². The number of carboxylic acid groups (broad SMARTS) is 1. The van der Waals surface area contributed by atoms with Gasteiger partial charge in [0.15, 0.2) is 0 Å². The zero-order valence-electron chi connectivity index (χ0n) is 11.7. The van der Waals surface area contributed by atoms with E-state index in [-0.39, 0.29) is 0 Å². The Kier molecular flexibility index (Phi) is 4.55. The van der Waals surface area contributed by atoms with Crippen LogP contribution in [0.15, 0.2) is 36.5 Å². The molecule has 0 aliphatic carbocycles. The first-order valence-corrected chi connectivity index (χ1v) is 7.19. The molecule has 0 bridgehead atoms. The first-order valence-electron chi connectivity index (χ1n) is 6.43. The Labute approximate surface area is 133 Å². The summed E-state index contributed by atoms with van der Waals surface area (Å²) in [6.07, 6.45) is 1.97. The highest BCUT2D eigenvalue weighted by Gasteiger charge is 2.28. The van der Waals surface area contributed by atoms with Crippen LogP contribution in [0.5, 0.6) is 0 Å². The molecule has 0 atom stereocenters. The first kappa shape index (κ1) is 15.8. The average Bonchev–Trinajstić information content (AvgIpc) is 2.41. The van der Waals surface area contributed by atoms with E-state index in [0.29, 0.717) is 22.2 Å². The maximum absolute atomic E-state index is 11.3. The molecule has 0 fully saturated rings. The van der Waals surface area contributed by atoms with E-state index in [4.69, 9.17) is 23.2 Å². The van der Waals surface area contributed by atoms with Crippen LogP contribution in [0.1, 0.15) is 19.4 Å². The smallest absolute Gasteiger partial charge is 0.309 e. The SMILES string of the molecule is CC(C)(Cc1cc(-c2cccc(Cl)c2)cnc1Cl)C(=O)O. The highest BCUT2D eigenvalue weighted by atomic mass is 35.5. The zero-order chi connectivity index (χ0) is 15.6. The lowest BCUT2D eigenvalue weighted by Gasteiger charge is -2.19. The fourth-order valence-electron chi connectivity index (χ4n) is 2.00. The molecule has 0 aliphatic heterocycles. The van der Waals surface area contributed by atoms with Gasteiger partial charge >= 0.3 is 5.97 Å². The lowest BCUT2D eigenvalue weighted by molar-refractivity contribution is -0.146. The van der Waals surface area contributed by atoms with Crippen LogP contribution in [0.3, 0.4) is 0 Å². The Hall–Kier alpha value is -1.58. The maximum atomic E-state index is 11.3. The van der Waals surface area contributed by atoms with E-state index in [2.05, 4.69) is 4.98 Å². The monoisotopic (exact) mass is 323 g/mol. The number of aliphatic carboxylic acids is 1. The van der Waals surface area contributed by atoms with Crippen LogP contribution >= 0.6 is 23.2 Å². The molecular formula is C16H15Cl2NO2. The van der Waals surface area contributed by atoms with Gasteiger partial charge in [-0.05, 0) is 49.6 Å². The summed E-state index contributed by atoms with van der Waals surface area (Å²) >= 11 is 12.1. The normalized spacial score (nSPS) is 11.4. The minimum Gasteiger partial charge on any atom is -0.481 e. The summed E-state index contributed by atoms with van der Waals surface area (Å²) in [7, 11) is 0. The van der Waals surface area contributed by atoms with Gasteiger partial charge in [-0.1, -0.05) is 35.3 Å². The molecule has 0 saturated heterocycles. The third kappa shape index (κ3) is 3.74. The Morgan fingerprint density at radius 3 is 2.57 bits per heavy atom. The molecule has 0 saturated carbocycles. The summed E-state index contributed by atoms with van der Waals surface area (Å²) in [5, 5.41) is 10.2. The summed E-state index contributed by atoms with van der Waals surface area (Å²) in [4.78, 5) is 15.4. The zero-order valence-corrected chi connectivity index (χ0v) is 13.2. The number of hydrogen-bond acceptors (Lipinski definition) is 2. The number of pyridine rings is 1. The topological polar surface area (TPSA) is 50.2 Å². The van der Waals surface area contributed by atoms with Crippen molar-refractivity contribution < 1.29 is 9.90 Å². The van der Waals surface area contributed by atoms with E-state index in [0.717, 1.165) is 11.1 Å². The molecule has 0 radical (unpaired) electrons. The average molecular weight is 324 g/mol. The van der Waals surface area contributed by atoms with Gasteiger partial charge in [-0.2, -0.15) is 0 Å². The van der Waals surface area contributed by atoms with Gasteiger partial charge in [-0.25, -0.2) is 4.98 Å². The molecular weight excluding hydrogens is 309 g/mol. The molecule has 5 heteroatoms. The van der Waals surface area contributed by atoms with Crippen LogP contribution in [0.4, 0.5) is 0 Å². The van der Waals surface area contributed by atoms with E-state index in [1.807, 2.05) is 24.3 Å². The van der Waals surface area contributed by atoms with Crippen molar-refractivity contribution in [2.45, 2.75) is 20.3 Å². The van der Waals surface area contributed by atoms with Crippen LogP contribution in [-0.4, -0.2) is 16.1 Å². The van der Waals surface area contributed by atoms with Gasteiger partial charge in [0.1, 0.15) is 5.15 Å². The number of halogens is 2. The standard InChI is InChI=1S/C16H15Cl2NO2/c1-16(2,15(20)21)8-11-6-12(9-19-14(11)18)10-4-3-5-13(17)7-10/h3-7,9H,8H2,1-2H3,(H,20,21). The van der Waals surface area contributed by atoms with Crippen molar-refractivity contribution in [3.05, 3.63) is 52.3 Å². The number of carboxylic acids is 1. The highest BCUT2D eigenvalue weighted by molar-refractivity contribution is 6.31. The molecule has 0 amide bonds. The van der Waals surface area contributed by atoms with Crippen LogP contribution in [0, 0.1) is 5.41 Å². The molecule has 3 nitrogen and oxygen atoms in total. The van der Waals surface area contributed by atoms with E-state index >= 15 is 0 Å². The van der Waals surface area contributed by atoms with Crippen LogP contribution < -0.4 is 0 Å². The minimum absolute atomic E-state index is 0.308. The summed E-state index contributed by atoms with van der Waals surface area (Å²) < 4.78 is 0. The summed E-state index contributed by atoms with van der Waals surface area (Å²) in [6, 6.07) is 9.27. The second kappa shape index (κ2) is 6.04. The molecule has 1 heterocycles. The number of aromatic nitrogens is 1. The molecule has 1 aromatic carbocycles. The Bertz CT molecular complexity index is 684. The van der Waals surface area contributed by atoms with Gasteiger partial charge in [0.05, 0.1) is 5.41 Å². The quantitative estimate of drug-likeness (QED) is 0.829. The van der Waals surface area contributed by atoms with Crippen LogP contribution in [-0.2, 0) is 11.2 Å². The van der Waals surface area contributed by atoms with Gasteiger partial charge in [-0.3, -0.25) is 4.79 Å². The number of rotatable bonds is 4. The lowest BCUT2D eigenvalue weighted by Crippen LogP contribution is -2.26.